The molecule has 0 N–H and O–H groups in total. The van der Waals surface area contributed by atoms with Gasteiger partial charge in [0.05, 0.1) is 23.3 Å². The van der Waals surface area contributed by atoms with Gasteiger partial charge in [-0.05, 0) is 42.0 Å². The Morgan fingerprint density at radius 1 is 1.00 bits per heavy atom. The maximum absolute atomic E-state index is 13.2. The van der Waals surface area contributed by atoms with Crippen LogP contribution in [0, 0.1) is 28.5 Å². The monoisotopic (exact) mass is 252 g/mol. The van der Waals surface area contributed by atoms with Crippen LogP contribution in [0.4, 0.5) is 4.39 Å². The predicted octanol–water partition coefficient (Wildman–Crippen LogP) is 3.15. The fourth-order valence-corrected chi connectivity index (χ4v) is 1.62. The average Bonchev–Trinajstić information content (AvgIpc) is 2.44. The van der Waals surface area contributed by atoms with Crippen molar-refractivity contribution in [3.8, 4) is 17.9 Å². The van der Waals surface area contributed by atoms with Gasteiger partial charge in [0.25, 0.3) is 0 Å². The third-order valence-corrected chi connectivity index (χ3v) is 2.46. The highest BCUT2D eigenvalue weighted by Gasteiger charge is 2.02. The lowest BCUT2D eigenvalue weighted by Crippen LogP contribution is -1.97. The maximum atomic E-state index is 13.2. The third kappa shape index (κ3) is 3.31. The summed E-state index contributed by atoms with van der Waals surface area (Å²) in [5, 5.41) is 17.5. The Balaban J connectivity index is 2.12. The first kappa shape index (κ1) is 12.6. The molecular formula is C15H9FN2O. The van der Waals surface area contributed by atoms with Crippen molar-refractivity contribution in [1.29, 1.82) is 10.5 Å². The van der Waals surface area contributed by atoms with E-state index >= 15 is 0 Å². The van der Waals surface area contributed by atoms with E-state index in [0.29, 0.717) is 16.9 Å². The van der Waals surface area contributed by atoms with Gasteiger partial charge in [-0.1, -0.05) is 6.07 Å². The number of rotatable bonds is 3. The van der Waals surface area contributed by atoms with Gasteiger partial charge in [-0.3, -0.25) is 0 Å². The van der Waals surface area contributed by atoms with Crippen LogP contribution < -0.4 is 4.74 Å². The normalized spacial score (nSPS) is 9.42. The second-order valence-electron chi connectivity index (χ2n) is 3.89. The summed E-state index contributed by atoms with van der Waals surface area (Å²) in [6, 6.07) is 14.6. The number of benzene rings is 2. The van der Waals surface area contributed by atoms with E-state index in [0.717, 1.165) is 0 Å². The van der Waals surface area contributed by atoms with Gasteiger partial charge in [0, 0.05) is 0 Å². The summed E-state index contributed by atoms with van der Waals surface area (Å²) in [7, 11) is 0. The van der Waals surface area contributed by atoms with Gasteiger partial charge in [0.15, 0.2) is 0 Å². The number of halogens is 1. The van der Waals surface area contributed by atoms with Crippen molar-refractivity contribution in [3.05, 3.63) is 65.0 Å². The SMILES string of the molecule is N#Cc1cc(F)cc(COc2cccc(C#N)c2)c1. The Kier molecular flexibility index (Phi) is 3.75. The van der Waals surface area contributed by atoms with E-state index in [2.05, 4.69) is 0 Å². The van der Waals surface area contributed by atoms with E-state index in [1.165, 1.54) is 12.1 Å². The highest BCUT2D eigenvalue weighted by atomic mass is 19.1. The van der Waals surface area contributed by atoms with Crippen molar-refractivity contribution in [2.24, 2.45) is 0 Å². The van der Waals surface area contributed by atoms with E-state index in [1.807, 2.05) is 12.1 Å². The Hall–Kier alpha value is -2.85. The molecular weight excluding hydrogens is 243 g/mol. The number of hydrogen-bond acceptors (Lipinski definition) is 3. The minimum Gasteiger partial charge on any atom is -0.489 e. The minimum absolute atomic E-state index is 0.140. The van der Waals surface area contributed by atoms with Crippen molar-refractivity contribution >= 4 is 0 Å². The molecule has 0 fully saturated rings. The van der Waals surface area contributed by atoms with Gasteiger partial charge in [-0.2, -0.15) is 10.5 Å². The molecule has 0 saturated heterocycles. The van der Waals surface area contributed by atoms with E-state index < -0.39 is 5.82 Å². The lowest BCUT2D eigenvalue weighted by molar-refractivity contribution is 0.305. The van der Waals surface area contributed by atoms with E-state index in [-0.39, 0.29) is 12.2 Å². The minimum atomic E-state index is -0.469. The molecule has 0 unspecified atom stereocenters. The number of ether oxygens (including phenoxy) is 1. The fourth-order valence-electron chi connectivity index (χ4n) is 1.62. The molecule has 2 rings (SSSR count). The van der Waals surface area contributed by atoms with Crippen molar-refractivity contribution < 1.29 is 9.13 Å². The molecule has 4 heteroatoms. The third-order valence-electron chi connectivity index (χ3n) is 2.46. The summed E-state index contributed by atoms with van der Waals surface area (Å²) in [5.41, 5.74) is 1.32. The van der Waals surface area contributed by atoms with Crippen LogP contribution in [0.15, 0.2) is 42.5 Å². The summed E-state index contributed by atoms with van der Waals surface area (Å²) >= 11 is 0. The van der Waals surface area contributed by atoms with Crippen LogP contribution in [-0.2, 0) is 6.61 Å². The Bertz CT molecular complexity index is 683. The molecule has 0 aliphatic carbocycles. The number of nitrogens with zero attached hydrogens (tertiary/aromatic N) is 2. The lowest BCUT2D eigenvalue weighted by Gasteiger charge is -2.07. The smallest absolute Gasteiger partial charge is 0.124 e. The van der Waals surface area contributed by atoms with Gasteiger partial charge in [-0.15, -0.1) is 0 Å². The molecule has 0 heterocycles. The van der Waals surface area contributed by atoms with Gasteiger partial charge in [0.2, 0.25) is 0 Å². The second kappa shape index (κ2) is 5.66. The molecule has 3 nitrogen and oxygen atoms in total. The highest BCUT2D eigenvalue weighted by Crippen LogP contribution is 2.16. The summed E-state index contributed by atoms with van der Waals surface area (Å²) in [6.07, 6.45) is 0. The molecule has 19 heavy (non-hydrogen) atoms. The first-order valence-electron chi connectivity index (χ1n) is 5.54. The Morgan fingerprint density at radius 3 is 2.53 bits per heavy atom. The Labute approximate surface area is 110 Å². The summed E-state index contributed by atoms with van der Waals surface area (Å²) < 4.78 is 18.7. The van der Waals surface area contributed by atoms with Crippen LogP contribution >= 0.6 is 0 Å². The summed E-state index contributed by atoms with van der Waals surface area (Å²) in [5.74, 6) is 0.0604. The molecule has 0 aliphatic rings. The fraction of sp³-hybridized carbons (Fsp3) is 0.0667. The van der Waals surface area contributed by atoms with Crippen molar-refractivity contribution in [2.45, 2.75) is 6.61 Å². The first-order valence-corrected chi connectivity index (χ1v) is 5.54. The molecule has 0 bridgehead atoms. The molecule has 0 amide bonds. The van der Waals surface area contributed by atoms with Gasteiger partial charge in [0.1, 0.15) is 18.2 Å². The van der Waals surface area contributed by atoms with Crippen LogP contribution in [0.25, 0.3) is 0 Å². The van der Waals surface area contributed by atoms with Gasteiger partial charge in [-0.25, -0.2) is 4.39 Å². The van der Waals surface area contributed by atoms with Crippen LogP contribution in [0.1, 0.15) is 16.7 Å². The molecule has 2 aromatic rings. The van der Waals surface area contributed by atoms with Crippen molar-refractivity contribution in [1.82, 2.24) is 0 Å². The molecule has 0 aliphatic heterocycles. The van der Waals surface area contributed by atoms with Gasteiger partial charge >= 0.3 is 0 Å². The van der Waals surface area contributed by atoms with E-state index in [9.17, 15) is 4.39 Å². The van der Waals surface area contributed by atoms with E-state index in [4.69, 9.17) is 15.3 Å². The zero-order valence-corrected chi connectivity index (χ0v) is 9.93. The highest BCUT2D eigenvalue weighted by molar-refractivity contribution is 5.37. The molecule has 0 radical (unpaired) electrons. The van der Waals surface area contributed by atoms with Crippen LogP contribution in [-0.4, -0.2) is 0 Å². The maximum Gasteiger partial charge on any atom is 0.124 e. The summed E-state index contributed by atoms with van der Waals surface area (Å²) in [6.45, 7) is 0.140. The quantitative estimate of drug-likeness (QED) is 0.843. The lowest BCUT2D eigenvalue weighted by atomic mass is 10.1. The van der Waals surface area contributed by atoms with Crippen LogP contribution in [0.3, 0.4) is 0 Å². The molecule has 0 aromatic heterocycles. The Morgan fingerprint density at radius 2 is 1.79 bits per heavy atom. The average molecular weight is 252 g/mol. The number of nitriles is 2. The molecule has 92 valence electrons. The summed E-state index contributed by atoms with van der Waals surface area (Å²) in [4.78, 5) is 0. The zero-order chi connectivity index (χ0) is 13.7. The molecule has 0 atom stereocenters. The molecule has 2 aromatic carbocycles. The van der Waals surface area contributed by atoms with Gasteiger partial charge < -0.3 is 4.74 Å². The molecule has 0 saturated carbocycles. The van der Waals surface area contributed by atoms with Crippen molar-refractivity contribution in [3.63, 3.8) is 0 Å². The topological polar surface area (TPSA) is 56.8 Å². The largest absolute Gasteiger partial charge is 0.489 e. The molecule has 0 spiro atoms. The predicted molar refractivity (Wildman–Crippen MR) is 66.6 cm³/mol. The van der Waals surface area contributed by atoms with E-state index in [1.54, 1.807) is 30.3 Å². The second-order valence-corrected chi connectivity index (χ2v) is 3.89. The number of hydrogen-bond donors (Lipinski definition) is 0. The zero-order valence-electron chi connectivity index (χ0n) is 9.93. The van der Waals surface area contributed by atoms with Crippen LogP contribution in [0.5, 0.6) is 5.75 Å². The first-order chi connectivity index (χ1) is 9.21. The van der Waals surface area contributed by atoms with Crippen molar-refractivity contribution in [2.75, 3.05) is 0 Å². The van der Waals surface area contributed by atoms with Crippen LogP contribution in [0.2, 0.25) is 0 Å². The standard InChI is InChI=1S/C15H9FN2O/c16-14-5-12(9-18)4-13(6-14)10-19-15-3-1-2-11(7-15)8-17/h1-7H,10H2.